The normalized spacial score (nSPS) is 25.9. The van der Waals surface area contributed by atoms with Crippen molar-refractivity contribution in [1.29, 1.82) is 0 Å². The molecule has 2 heterocycles. The van der Waals surface area contributed by atoms with Crippen molar-refractivity contribution < 1.29 is 33.7 Å². The third kappa shape index (κ3) is 2.74. The van der Waals surface area contributed by atoms with Gasteiger partial charge in [-0.05, 0) is 13.0 Å². The van der Waals surface area contributed by atoms with Gasteiger partial charge in [-0.15, -0.1) is 0 Å². The fraction of sp³-hybridized carbons (Fsp3) is 0.583. The highest BCUT2D eigenvalue weighted by Crippen LogP contribution is 2.36. The molecular formula is C12H15NO7. The zero-order valence-corrected chi connectivity index (χ0v) is 10.9. The molecule has 20 heavy (non-hydrogen) atoms. The van der Waals surface area contributed by atoms with Crippen LogP contribution in [0.15, 0.2) is 11.8 Å². The molecule has 2 saturated heterocycles. The number of ether oxygens (including phenoxy) is 3. The standard InChI is InChI=1S/C12H15NO7/c1-2-19-10(15)6-18-4-3-7-11(12(16)17)13-8(14)5-9(13)20-7/h3,9,11H,2,4-6H2,1H3,(H,16,17)/b7-3-/t9-,11-/m1/s1. The number of fused-ring (bicyclic) bond motifs is 1. The first kappa shape index (κ1) is 14.3. The highest BCUT2D eigenvalue weighted by molar-refractivity contribution is 5.91. The van der Waals surface area contributed by atoms with E-state index < -0.39 is 24.2 Å². The molecule has 0 aliphatic carbocycles. The van der Waals surface area contributed by atoms with Crippen LogP contribution in [-0.2, 0) is 28.6 Å². The number of aliphatic carboxylic acids is 1. The van der Waals surface area contributed by atoms with Gasteiger partial charge in [-0.25, -0.2) is 9.59 Å². The van der Waals surface area contributed by atoms with Crippen molar-refractivity contribution in [2.75, 3.05) is 19.8 Å². The number of esters is 1. The zero-order chi connectivity index (χ0) is 14.7. The van der Waals surface area contributed by atoms with E-state index in [9.17, 15) is 14.4 Å². The summed E-state index contributed by atoms with van der Waals surface area (Å²) in [6.07, 6.45) is 1.11. The van der Waals surface area contributed by atoms with E-state index in [1.807, 2.05) is 0 Å². The lowest BCUT2D eigenvalue weighted by Crippen LogP contribution is -2.54. The molecule has 2 fully saturated rings. The SMILES string of the molecule is CCOC(=O)COC/C=C1\O[C@@H]2CC(=O)N2[C@H]1C(=O)O. The van der Waals surface area contributed by atoms with Crippen LogP contribution in [0.25, 0.3) is 0 Å². The van der Waals surface area contributed by atoms with Crippen LogP contribution in [0, 0.1) is 0 Å². The minimum Gasteiger partial charge on any atom is -0.479 e. The number of carbonyl (C=O) groups is 3. The lowest BCUT2D eigenvalue weighted by atomic mass is 10.1. The molecule has 0 spiro atoms. The van der Waals surface area contributed by atoms with Crippen LogP contribution >= 0.6 is 0 Å². The Kier molecular flexibility index (Phi) is 4.23. The topological polar surface area (TPSA) is 102 Å². The summed E-state index contributed by atoms with van der Waals surface area (Å²) in [6.45, 7) is 1.74. The predicted molar refractivity (Wildman–Crippen MR) is 63.3 cm³/mol. The van der Waals surface area contributed by atoms with E-state index in [1.165, 1.54) is 11.0 Å². The van der Waals surface area contributed by atoms with E-state index >= 15 is 0 Å². The summed E-state index contributed by atoms with van der Waals surface area (Å²) in [4.78, 5) is 34.7. The Balaban J connectivity index is 1.88. The second-order valence-corrected chi connectivity index (χ2v) is 4.25. The third-order valence-electron chi connectivity index (χ3n) is 2.93. The molecule has 0 unspecified atom stereocenters. The van der Waals surface area contributed by atoms with Crippen molar-refractivity contribution in [2.45, 2.75) is 25.6 Å². The van der Waals surface area contributed by atoms with Crippen LogP contribution in [-0.4, -0.2) is 59.9 Å². The van der Waals surface area contributed by atoms with Crippen LogP contribution in [0.4, 0.5) is 0 Å². The van der Waals surface area contributed by atoms with Crippen LogP contribution in [0.1, 0.15) is 13.3 Å². The van der Waals surface area contributed by atoms with Crippen LogP contribution in [0.5, 0.6) is 0 Å². The number of hydrogen-bond donors (Lipinski definition) is 1. The van der Waals surface area contributed by atoms with Gasteiger partial charge in [-0.2, -0.15) is 0 Å². The maximum Gasteiger partial charge on any atom is 0.334 e. The summed E-state index contributed by atoms with van der Waals surface area (Å²) < 4.78 is 15.0. The van der Waals surface area contributed by atoms with E-state index in [2.05, 4.69) is 4.74 Å². The van der Waals surface area contributed by atoms with Gasteiger partial charge in [0.05, 0.1) is 19.6 Å². The molecule has 2 aliphatic heterocycles. The van der Waals surface area contributed by atoms with Gasteiger partial charge in [-0.3, -0.25) is 9.69 Å². The molecule has 0 aromatic carbocycles. The second-order valence-electron chi connectivity index (χ2n) is 4.25. The third-order valence-corrected chi connectivity index (χ3v) is 2.93. The molecular weight excluding hydrogens is 270 g/mol. The van der Waals surface area contributed by atoms with Gasteiger partial charge in [0, 0.05) is 0 Å². The first-order chi connectivity index (χ1) is 9.54. The van der Waals surface area contributed by atoms with Gasteiger partial charge in [0.1, 0.15) is 12.4 Å². The lowest BCUT2D eigenvalue weighted by Gasteiger charge is -2.33. The minimum atomic E-state index is -1.16. The first-order valence-electron chi connectivity index (χ1n) is 6.18. The number of β-lactam (4-membered cyclic amide) rings is 1. The number of carbonyl (C=O) groups excluding carboxylic acids is 2. The first-order valence-corrected chi connectivity index (χ1v) is 6.18. The highest BCUT2D eigenvalue weighted by Gasteiger charge is 2.53. The Morgan fingerprint density at radius 3 is 2.90 bits per heavy atom. The van der Waals surface area contributed by atoms with Gasteiger partial charge in [0.15, 0.2) is 12.3 Å². The van der Waals surface area contributed by atoms with E-state index in [0.29, 0.717) is 0 Å². The lowest BCUT2D eigenvalue weighted by molar-refractivity contribution is -0.163. The fourth-order valence-corrected chi connectivity index (χ4v) is 2.06. The monoisotopic (exact) mass is 285 g/mol. The smallest absolute Gasteiger partial charge is 0.334 e. The molecule has 2 atom stereocenters. The molecule has 8 nitrogen and oxygen atoms in total. The van der Waals surface area contributed by atoms with E-state index in [0.717, 1.165) is 0 Å². The van der Waals surface area contributed by atoms with E-state index in [4.69, 9.17) is 14.6 Å². The summed E-state index contributed by atoms with van der Waals surface area (Å²) >= 11 is 0. The van der Waals surface area contributed by atoms with Crippen molar-refractivity contribution in [3.8, 4) is 0 Å². The molecule has 0 bridgehead atoms. The van der Waals surface area contributed by atoms with Crippen LogP contribution in [0.3, 0.4) is 0 Å². The summed E-state index contributed by atoms with van der Waals surface area (Å²) in [5.74, 6) is -1.74. The molecule has 1 amide bonds. The molecule has 0 radical (unpaired) electrons. The van der Waals surface area contributed by atoms with Gasteiger partial charge in [0.2, 0.25) is 5.91 Å². The van der Waals surface area contributed by atoms with Crippen molar-refractivity contribution in [3.05, 3.63) is 11.8 Å². The molecule has 110 valence electrons. The molecule has 8 heteroatoms. The maximum absolute atomic E-state index is 11.3. The number of hydrogen-bond acceptors (Lipinski definition) is 6. The van der Waals surface area contributed by atoms with Crippen LogP contribution in [0.2, 0.25) is 0 Å². The number of nitrogens with zero attached hydrogens (tertiary/aromatic N) is 1. The van der Waals surface area contributed by atoms with Crippen molar-refractivity contribution in [2.24, 2.45) is 0 Å². The molecule has 2 rings (SSSR count). The average Bonchev–Trinajstić information content (AvgIpc) is 2.68. The molecule has 1 N–H and O–H groups in total. The largest absolute Gasteiger partial charge is 0.479 e. The fourth-order valence-electron chi connectivity index (χ4n) is 2.06. The zero-order valence-electron chi connectivity index (χ0n) is 10.9. The van der Waals surface area contributed by atoms with E-state index in [1.54, 1.807) is 6.92 Å². The van der Waals surface area contributed by atoms with Crippen molar-refractivity contribution in [1.82, 2.24) is 4.90 Å². The van der Waals surface area contributed by atoms with Crippen molar-refractivity contribution in [3.63, 3.8) is 0 Å². The Bertz CT molecular complexity index is 459. The Morgan fingerprint density at radius 2 is 2.30 bits per heavy atom. The van der Waals surface area contributed by atoms with Gasteiger partial charge < -0.3 is 19.3 Å². The van der Waals surface area contributed by atoms with Crippen LogP contribution < -0.4 is 0 Å². The minimum absolute atomic E-state index is 0.00663. The average molecular weight is 285 g/mol. The number of carboxylic acid groups (broad SMARTS) is 1. The number of carboxylic acids is 1. The molecule has 0 aromatic rings. The predicted octanol–water partition coefficient (Wildman–Crippen LogP) is -0.508. The summed E-state index contributed by atoms with van der Waals surface area (Å²) in [6, 6.07) is -1.10. The van der Waals surface area contributed by atoms with E-state index in [-0.39, 0.29) is 37.9 Å². The number of amides is 1. The Hall–Kier alpha value is -2.09. The molecule has 2 aliphatic rings. The molecule has 0 aromatic heterocycles. The van der Waals surface area contributed by atoms with Gasteiger partial charge >= 0.3 is 11.9 Å². The summed E-state index contributed by atoms with van der Waals surface area (Å²) in [5.41, 5.74) is 0. The van der Waals surface area contributed by atoms with Gasteiger partial charge in [0.25, 0.3) is 0 Å². The maximum atomic E-state index is 11.3. The van der Waals surface area contributed by atoms with Gasteiger partial charge in [-0.1, -0.05) is 0 Å². The Morgan fingerprint density at radius 1 is 1.55 bits per heavy atom. The Labute approximate surface area is 114 Å². The van der Waals surface area contributed by atoms with Crippen molar-refractivity contribution >= 4 is 17.8 Å². The summed E-state index contributed by atoms with van der Waals surface area (Å²) in [5, 5.41) is 9.11. The quantitative estimate of drug-likeness (QED) is 0.398. The number of rotatable bonds is 6. The summed E-state index contributed by atoms with van der Waals surface area (Å²) in [7, 11) is 0. The highest BCUT2D eigenvalue weighted by atomic mass is 16.6. The molecule has 0 saturated carbocycles. The second kappa shape index (κ2) is 5.91.